The number of carbonyl (C=O) groups excluding carboxylic acids is 2. The van der Waals surface area contributed by atoms with Crippen molar-refractivity contribution in [3.63, 3.8) is 0 Å². The van der Waals surface area contributed by atoms with Crippen LogP contribution in [0, 0.1) is 16.7 Å². The topological polar surface area (TPSA) is 86.1 Å². The molecule has 2 aromatic rings. The van der Waals surface area contributed by atoms with Gasteiger partial charge >= 0.3 is 0 Å². The van der Waals surface area contributed by atoms with Crippen LogP contribution in [0.1, 0.15) is 50.8 Å². The Hall–Kier alpha value is -3.17. The molecule has 7 heteroatoms. The first kappa shape index (κ1) is 20.1. The maximum atomic E-state index is 13.4. The first-order valence-electron chi connectivity index (χ1n) is 9.68. The highest BCUT2D eigenvalue weighted by Gasteiger charge is 2.43. The van der Waals surface area contributed by atoms with Gasteiger partial charge in [0.15, 0.2) is 5.78 Å². The molecule has 0 radical (unpaired) electrons. The van der Waals surface area contributed by atoms with Gasteiger partial charge in [-0.15, -0.1) is 0 Å². The van der Waals surface area contributed by atoms with Crippen LogP contribution < -0.4 is 10.2 Å². The van der Waals surface area contributed by atoms with Crippen LogP contribution in [0.25, 0.3) is 0 Å². The zero-order chi connectivity index (χ0) is 21.6. The van der Waals surface area contributed by atoms with Gasteiger partial charge in [0, 0.05) is 35.8 Å². The summed E-state index contributed by atoms with van der Waals surface area (Å²) in [6, 6.07) is 8.08. The summed E-state index contributed by atoms with van der Waals surface area (Å²) in [5, 5.41) is 12.9. The Labute approximate surface area is 180 Å². The molecule has 1 aliphatic carbocycles. The van der Waals surface area contributed by atoms with Gasteiger partial charge in [0.25, 0.3) is 0 Å². The largest absolute Gasteiger partial charge is 0.356 e. The Morgan fingerprint density at radius 2 is 2.10 bits per heavy atom. The van der Waals surface area contributed by atoms with Crippen molar-refractivity contribution in [1.82, 2.24) is 4.98 Å². The summed E-state index contributed by atoms with van der Waals surface area (Å²) in [5.41, 5.74) is 3.42. The SMILES string of the molecule is CC(=O)N1c2ccncc2NC2=C(C(=O)CC(C)(C)C2)C1c1ccc(C#N)cc1Cl. The summed E-state index contributed by atoms with van der Waals surface area (Å²) in [4.78, 5) is 32.1. The summed E-state index contributed by atoms with van der Waals surface area (Å²) in [7, 11) is 0. The Morgan fingerprint density at radius 3 is 2.77 bits per heavy atom. The number of amides is 1. The van der Waals surface area contributed by atoms with Gasteiger partial charge in [0.2, 0.25) is 5.91 Å². The minimum atomic E-state index is -0.697. The molecule has 1 aromatic heterocycles. The van der Waals surface area contributed by atoms with Gasteiger partial charge in [0.05, 0.1) is 35.2 Å². The smallest absolute Gasteiger partial charge is 0.224 e. The van der Waals surface area contributed by atoms with E-state index in [0.29, 0.717) is 45.9 Å². The number of allylic oxidation sites excluding steroid dienone is 1. The lowest BCUT2D eigenvalue weighted by Gasteiger charge is -2.37. The van der Waals surface area contributed by atoms with Gasteiger partial charge < -0.3 is 5.32 Å². The number of pyridine rings is 1. The number of hydrogen-bond acceptors (Lipinski definition) is 5. The van der Waals surface area contributed by atoms with E-state index in [1.807, 2.05) is 0 Å². The number of nitrogens with one attached hydrogen (secondary N) is 1. The summed E-state index contributed by atoms with van der Waals surface area (Å²) < 4.78 is 0. The van der Waals surface area contributed by atoms with Crippen molar-refractivity contribution in [2.75, 3.05) is 10.2 Å². The maximum Gasteiger partial charge on any atom is 0.224 e. The fourth-order valence-corrected chi connectivity index (χ4v) is 4.64. The van der Waals surface area contributed by atoms with E-state index in [2.05, 4.69) is 30.2 Å². The van der Waals surface area contributed by atoms with Crippen LogP contribution in [-0.2, 0) is 9.59 Å². The Balaban J connectivity index is 2.03. The minimum Gasteiger partial charge on any atom is -0.356 e. The highest BCUT2D eigenvalue weighted by Crippen LogP contribution is 2.49. The molecular weight excluding hydrogens is 400 g/mol. The molecule has 1 aromatic carbocycles. The van der Waals surface area contributed by atoms with E-state index in [1.54, 1.807) is 41.6 Å². The summed E-state index contributed by atoms with van der Waals surface area (Å²) in [6.07, 6.45) is 4.30. The first-order chi connectivity index (χ1) is 14.2. The molecule has 1 amide bonds. The fourth-order valence-electron chi connectivity index (χ4n) is 4.35. The Bertz CT molecular complexity index is 1150. The molecule has 1 N–H and O–H groups in total. The highest BCUT2D eigenvalue weighted by atomic mass is 35.5. The van der Waals surface area contributed by atoms with Crippen molar-refractivity contribution in [1.29, 1.82) is 5.26 Å². The number of hydrogen-bond donors (Lipinski definition) is 1. The summed E-state index contributed by atoms with van der Waals surface area (Å²) in [6.45, 7) is 5.58. The monoisotopic (exact) mass is 420 g/mol. The van der Waals surface area contributed by atoms with Gasteiger partial charge in [0.1, 0.15) is 0 Å². The van der Waals surface area contributed by atoms with Crippen LogP contribution in [0.4, 0.5) is 11.4 Å². The number of Topliss-reactive ketones (excluding diaryl/α,β-unsaturated/α-hetero) is 1. The van der Waals surface area contributed by atoms with Crippen molar-refractivity contribution < 1.29 is 9.59 Å². The third kappa shape index (κ3) is 3.35. The van der Waals surface area contributed by atoms with Crippen molar-refractivity contribution in [2.45, 2.75) is 39.7 Å². The normalized spacial score (nSPS) is 19.9. The number of anilines is 2. The number of fused-ring (bicyclic) bond motifs is 1. The van der Waals surface area contributed by atoms with Crippen LogP contribution in [-0.4, -0.2) is 16.7 Å². The molecule has 1 atom stereocenters. The van der Waals surface area contributed by atoms with Crippen LogP contribution in [0.2, 0.25) is 5.02 Å². The Kier molecular flexibility index (Phi) is 4.87. The van der Waals surface area contributed by atoms with E-state index in [1.165, 1.54) is 6.92 Å². The quantitative estimate of drug-likeness (QED) is 0.718. The number of halogens is 1. The predicted molar refractivity (Wildman–Crippen MR) is 115 cm³/mol. The van der Waals surface area contributed by atoms with E-state index >= 15 is 0 Å². The molecule has 0 fully saturated rings. The number of ketones is 1. The van der Waals surface area contributed by atoms with Gasteiger partial charge in [-0.2, -0.15) is 5.26 Å². The highest BCUT2D eigenvalue weighted by molar-refractivity contribution is 6.31. The van der Waals surface area contributed by atoms with E-state index in [-0.39, 0.29) is 17.1 Å². The van der Waals surface area contributed by atoms with E-state index in [4.69, 9.17) is 11.6 Å². The molecule has 1 unspecified atom stereocenters. The molecule has 1 aliphatic heterocycles. The molecule has 0 bridgehead atoms. The second-order valence-electron chi connectivity index (χ2n) is 8.49. The molecule has 0 saturated heterocycles. The summed E-state index contributed by atoms with van der Waals surface area (Å²) >= 11 is 6.57. The lowest BCUT2D eigenvalue weighted by Crippen LogP contribution is -2.38. The minimum absolute atomic E-state index is 0.0220. The van der Waals surface area contributed by atoms with Crippen molar-refractivity contribution in [2.24, 2.45) is 5.41 Å². The number of nitrogens with zero attached hydrogens (tertiary/aromatic N) is 3. The average molecular weight is 421 g/mol. The van der Waals surface area contributed by atoms with E-state index in [9.17, 15) is 14.9 Å². The average Bonchev–Trinajstić information content (AvgIpc) is 2.80. The number of benzene rings is 1. The van der Waals surface area contributed by atoms with Crippen molar-refractivity contribution in [3.8, 4) is 6.07 Å². The third-order valence-corrected chi connectivity index (χ3v) is 5.89. The second kappa shape index (κ2) is 7.26. The standard InChI is InChI=1S/C23H21ClN4O2/c1-13(29)28-19-6-7-26-12-18(19)27-17-9-23(2,3)10-20(30)21(17)22(28)15-5-4-14(11-25)8-16(15)24/h4-8,12,22,27H,9-10H2,1-3H3. The zero-order valence-electron chi connectivity index (χ0n) is 17.0. The van der Waals surface area contributed by atoms with Gasteiger partial charge in [-0.05, 0) is 35.6 Å². The molecule has 2 heterocycles. The zero-order valence-corrected chi connectivity index (χ0v) is 17.7. The number of rotatable bonds is 1. The van der Waals surface area contributed by atoms with Crippen LogP contribution in [0.5, 0.6) is 0 Å². The lowest BCUT2D eigenvalue weighted by molar-refractivity contribution is -0.118. The van der Waals surface area contributed by atoms with E-state index in [0.717, 1.165) is 5.70 Å². The molecule has 6 nitrogen and oxygen atoms in total. The third-order valence-electron chi connectivity index (χ3n) is 5.56. The van der Waals surface area contributed by atoms with Crippen LogP contribution >= 0.6 is 11.6 Å². The Morgan fingerprint density at radius 1 is 1.33 bits per heavy atom. The first-order valence-corrected chi connectivity index (χ1v) is 10.1. The van der Waals surface area contributed by atoms with Gasteiger partial charge in [-0.3, -0.25) is 19.5 Å². The van der Waals surface area contributed by atoms with E-state index < -0.39 is 6.04 Å². The van der Waals surface area contributed by atoms with Gasteiger partial charge in [-0.25, -0.2) is 0 Å². The van der Waals surface area contributed by atoms with Crippen molar-refractivity contribution >= 4 is 34.7 Å². The molecule has 4 rings (SSSR count). The second-order valence-corrected chi connectivity index (χ2v) is 8.90. The number of nitriles is 1. The molecule has 30 heavy (non-hydrogen) atoms. The molecule has 2 aliphatic rings. The maximum absolute atomic E-state index is 13.4. The van der Waals surface area contributed by atoms with Gasteiger partial charge in [-0.1, -0.05) is 31.5 Å². The number of aromatic nitrogens is 1. The molecule has 0 saturated carbocycles. The number of carbonyl (C=O) groups is 2. The molecule has 0 spiro atoms. The fraction of sp³-hybridized carbons (Fsp3) is 0.304. The lowest BCUT2D eigenvalue weighted by atomic mass is 9.73. The predicted octanol–water partition coefficient (Wildman–Crippen LogP) is 4.77. The molecule has 152 valence electrons. The van der Waals surface area contributed by atoms with Crippen LogP contribution in [0.15, 0.2) is 47.9 Å². The van der Waals surface area contributed by atoms with Crippen LogP contribution in [0.3, 0.4) is 0 Å². The molecular formula is C23H21ClN4O2. The summed E-state index contributed by atoms with van der Waals surface area (Å²) in [5.74, 6) is -0.243. The van der Waals surface area contributed by atoms with Crippen molar-refractivity contribution in [3.05, 3.63) is 64.1 Å².